The molecule has 0 saturated heterocycles. The molecular formula is C32H31NO6. The minimum absolute atomic E-state index is 0.0145. The molecule has 39 heavy (non-hydrogen) atoms. The number of phenolic OH excluding ortho intramolecular Hbond substituents is 1. The first-order chi connectivity index (χ1) is 19.0. The van der Waals surface area contributed by atoms with Gasteiger partial charge in [0.1, 0.15) is 6.61 Å². The molecule has 0 fully saturated rings. The van der Waals surface area contributed by atoms with Gasteiger partial charge in [0.25, 0.3) is 0 Å². The summed E-state index contributed by atoms with van der Waals surface area (Å²) < 4.78 is 24.3. The van der Waals surface area contributed by atoms with Crippen molar-refractivity contribution in [1.29, 1.82) is 0 Å². The Morgan fingerprint density at radius 2 is 1.54 bits per heavy atom. The van der Waals surface area contributed by atoms with Gasteiger partial charge in [0.15, 0.2) is 29.1 Å². The highest BCUT2D eigenvalue weighted by Gasteiger charge is 2.34. The Labute approximate surface area is 227 Å². The Bertz CT molecular complexity index is 1390. The van der Waals surface area contributed by atoms with Gasteiger partial charge >= 0.3 is 0 Å². The van der Waals surface area contributed by atoms with E-state index in [4.69, 9.17) is 18.9 Å². The summed E-state index contributed by atoms with van der Waals surface area (Å²) in [4.78, 5) is 12.0. The summed E-state index contributed by atoms with van der Waals surface area (Å²) in [5.74, 6) is 1.20. The first-order valence-corrected chi connectivity index (χ1v) is 12.9. The number of hydrogen-bond donors (Lipinski definition) is 2. The van der Waals surface area contributed by atoms with E-state index in [9.17, 15) is 9.90 Å². The second-order valence-corrected chi connectivity index (χ2v) is 9.35. The van der Waals surface area contributed by atoms with Crippen LogP contribution in [0.5, 0.6) is 23.0 Å². The molecule has 0 bridgehead atoms. The van der Waals surface area contributed by atoms with Gasteiger partial charge < -0.3 is 29.4 Å². The molecule has 1 amide bonds. The monoisotopic (exact) mass is 525 g/mol. The molecule has 4 aromatic carbocycles. The number of rotatable bonds is 10. The van der Waals surface area contributed by atoms with Crippen LogP contribution in [0, 0.1) is 0 Å². The van der Waals surface area contributed by atoms with Gasteiger partial charge in [-0.3, -0.25) is 4.79 Å². The van der Waals surface area contributed by atoms with E-state index in [1.165, 1.54) is 6.92 Å². The van der Waals surface area contributed by atoms with Crippen molar-refractivity contribution in [2.45, 2.75) is 38.9 Å². The molecule has 7 heteroatoms. The second-order valence-electron chi connectivity index (χ2n) is 9.35. The average molecular weight is 526 g/mol. The Morgan fingerprint density at radius 1 is 0.821 bits per heavy atom. The number of benzene rings is 4. The minimum Gasteiger partial charge on any atom is -0.504 e. The zero-order valence-corrected chi connectivity index (χ0v) is 21.7. The maximum atomic E-state index is 12.0. The van der Waals surface area contributed by atoms with E-state index in [1.54, 1.807) is 18.2 Å². The standard InChI is InChI=1S/C32H31NO6/c1-22(34)33-32-31(26-13-14-27(35)29(19-26)37-21-25-10-6-3-7-11-25)38-30-18-23(12-15-28(30)39-32)16-17-36-20-24-8-4-2-5-9-24/h2-15,18-19,31-32,35H,16-17,20-21H2,1H3,(H,33,34). The van der Waals surface area contributed by atoms with Crippen molar-refractivity contribution >= 4 is 5.91 Å². The quantitative estimate of drug-likeness (QED) is 0.258. The van der Waals surface area contributed by atoms with Gasteiger partial charge in [0.05, 0.1) is 13.2 Å². The first kappa shape index (κ1) is 26.1. The van der Waals surface area contributed by atoms with Crippen LogP contribution in [0.4, 0.5) is 0 Å². The van der Waals surface area contributed by atoms with Gasteiger partial charge in [-0.05, 0) is 47.4 Å². The van der Waals surface area contributed by atoms with Crippen LogP contribution in [0.3, 0.4) is 0 Å². The number of fused-ring (bicyclic) bond motifs is 1. The summed E-state index contributed by atoms with van der Waals surface area (Å²) in [6, 6.07) is 30.5. The molecule has 4 aromatic rings. The van der Waals surface area contributed by atoms with Gasteiger partial charge in [-0.1, -0.05) is 72.8 Å². The molecule has 5 rings (SSSR count). The lowest BCUT2D eigenvalue weighted by Crippen LogP contribution is -2.46. The van der Waals surface area contributed by atoms with Crippen LogP contribution in [-0.4, -0.2) is 23.8 Å². The summed E-state index contributed by atoms with van der Waals surface area (Å²) in [7, 11) is 0. The Hall–Kier alpha value is -4.49. The number of carbonyl (C=O) groups is 1. The van der Waals surface area contributed by atoms with E-state index in [2.05, 4.69) is 5.32 Å². The fraction of sp³-hybridized carbons (Fsp3) is 0.219. The normalized spacial score (nSPS) is 15.9. The molecule has 7 nitrogen and oxygen atoms in total. The van der Waals surface area contributed by atoms with E-state index < -0.39 is 12.3 Å². The van der Waals surface area contributed by atoms with Crippen LogP contribution in [-0.2, 0) is 29.2 Å². The SMILES string of the molecule is CC(=O)NC1Oc2ccc(CCOCc3ccccc3)cc2OC1c1ccc(O)c(OCc2ccccc2)c1. The number of hydrogen-bond acceptors (Lipinski definition) is 6. The molecule has 2 unspecified atom stereocenters. The third kappa shape index (κ3) is 6.89. The number of amides is 1. The molecule has 1 heterocycles. The molecule has 200 valence electrons. The summed E-state index contributed by atoms with van der Waals surface area (Å²) in [5.41, 5.74) is 3.84. The Balaban J connectivity index is 1.30. The predicted molar refractivity (Wildman–Crippen MR) is 147 cm³/mol. The average Bonchev–Trinajstić information content (AvgIpc) is 2.95. The van der Waals surface area contributed by atoms with Crippen LogP contribution in [0.2, 0.25) is 0 Å². The van der Waals surface area contributed by atoms with Gasteiger partial charge in [-0.25, -0.2) is 0 Å². The molecule has 1 aliphatic rings. The van der Waals surface area contributed by atoms with Gasteiger partial charge in [0.2, 0.25) is 12.1 Å². The lowest BCUT2D eigenvalue weighted by Gasteiger charge is -2.34. The van der Waals surface area contributed by atoms with Crippen molar-refractivity contribution in [2.75, 3.05) is 6.61 Å². The Kier molecular flexibility index (Phi) is 8.29. The number of carbonyl (C=O) groups excluding carboxylic acids is 1. The van der Waals surface area contributed by atoms with Crippen molar-refractivity contribution in [1.82, 2.24) is 5.32 Å². The van der Waals surface area contributed by atoms with Crippen molar-refractivity contribution in [3.63, 3.8) is 0 Å². The van der Waals surface area contributed by atoms with Crippen LogP contribution in [0.1, 0.15) is 35.3 Å². The molecule has 0 saturated carbocycles. The maximum Gasteiger partial charge on any atom is 0.219 e. The number of aromatic hydroxyl groups is 1. The molecule has 2 atom stereocenters. The van der Waals surface area contributed by atoms with E-state index in [-0.39, 0.29) is 11.7 Å². The Morgan fingerprint density at radius 3 is 2.26 bits per heavy atom. The highest BCUT2D eigenvalue weighted by molar-refractivity contribution is 5.73. The molecule has 0 aliphatic carbocycles. The lowest BCUT2D eigenvalue weighted by atomic mass is 10.0. The largest absolute Gasteiger partial charge is 0.504 e. The van der Waals surface area contributed by atoms with Crippen molar-refractivity contribution < 1.29 is 28.8 Å². The van der Waals surface area contributed by atoms with Crippen LogP contribution in [0.25, 0.3) is 0 Å². The van der Waals surface area contributed by atoms with Gasteiger partial charge in [-0.2, -0.15) is 0 Å². The summed E-state index contributed by atoms with van der Waals surface area (Å²) in [6.07, 6.45) is -0.716. The minimum atomic E-state index is -0.762. The van der Waals surface area contributed by atoms with Crippen LogP contribution < -0.4 is 19.5 Å². The fourth-order valence-electron chi connectivity index (χ4n) is 4.36. The topological polar surface area (TPSA) is 86.3 Å². The second kappa shape index (κ2) is 12.4. The third-order valence-electron chi connectivity index (χ3n) is 6.33. The number of ether oxygens (including phenoxy) is 4. The summed E-state index contributed by atoms with van der Waals surface area (Å²) in [5, 5.41) is 13.2. The zero-order chi connectivity index (χ0) is 27.0. The van der Waals surface area contributed by atoms with Crippen LogP contribution >= 0.6 is 0 Å². The zero-order valence-electron chi connectivity index (χ0n) is 21.7. The molecule has 0 radical (unpaired) electrons. The molecular weight excluding hydrogens is 494 g/mol. The van der Waals surface area contributed by atoms with Crippen molar-refractivity contribution in [3.8, 4) is 23.0 Å². The van der Waals surface area contributed by atoms with Crippen LogP contribution in [0.15, 0.2) is 97.1 Å². The number of phenols is 1. The highest BCUT2D eigenvalue weighted by atomic mass is 16.6. The van der Waals surface area contributed by atoms with Gasteiger partial charge in [-0.15, -0.1) is 0 Å². The fourth-order valence-corrected chi connectivity index (χ4v) is 4.36. The van der Waals surface area contributed by atoms with E-state index in [0.717, 1.165) is 16.7 Å². The van der Waals surface area contributed by atoms with E-state index >= 15 is 0 Å². The van der Waals surface area contributed by atoms with E-state index in [0.29, 0.717) is 49.1 Å². The predicted octanol–water partition coefficient (Wildman–Crippen LogP) is 5.71. The highest BCUT2D eigenvalue weighted by Crippen LogP contribution is 2.41. The van der Waals surface area contributed by atoms with Crippen molar-refractivity contribution in [2.24, 2.45) is 0 Å². The number of nitrogens with one attached hydrogen (secondary N) is 1. The summed E-state index contributed by atoms with van der Waals surface area (Å²) in [6.45, 7) is 2.85. The van der Waals surface area contributed by atoms with Gasteiger partial charge in [0, 0.05) is 12.5 Å². The maximum absolute atomic E-state index is 12.0. The molecule has 1 aliphatic heterocycles. The molecule has 2 N–H and O–H groups in total. The summed E-state index contributed by atoms with van der Waals surface area (Å²) >= 11 is 0. The van der Waals surface area contributed by atoms with Crippen molar-refractivity contribution in [3.05, 3.63) is 119 Å². The molecule has 0 aromatic heterocycles. The molecule has 0 spiro atoms. The lowest BCUT2D eigenvalue weighted by molar-refractivity contribution is -0.124. The smallest absolute Gasteiger partial charge is 0.219 e. The van der Waals surface area contributed by atoms with E-state index in [1.807, 2.05) is 78.9 Å². The first-order valence-electron chi connectivity index (χ1n) is 12.9. The third-order valence-corrected chi connectivity index (χ3v) is 6.33.